The molecule has 2 saturated heterocycles. The molecular weight excluding hydrogens is 376 g/mol. The van der Waals surface area contributed by atoms with Crippen molar-refractivity contribution in [3.05, 3.63) is 76.3 Å². The van der Waals surface area contributed by atoms with E-state index in [1.165, 1.54) is 52.4 Å². The van der Waals surface area contributed by atoms with Crippen LogP contribution in [0.4, 0.5) is 5.69 Å². The number of hydrogen-bond donors (Lipinski definition) is 0. The van der Waals surface area contributed by atoms with Crippen molar-refractivity contribution >= 4 is 28.1 Å². The molecule has 150 valence electrons. The lowest BCUT2D eigenvalue weighted by Gasteiger charge is -2.49. The Bertz CT molecular complexity index is 1040. The topological polar surface area (TPSA) is 6.48 Å². The molecule has 2 heterocycles. The second kappa shape index (κ2) is 7.66. The largest absolute Gasteiger partial charge is 0.369 e. The quantitative estimate of drug-likeness (QED) is 0.479. The zero-order valence-corrected chi connectivity index (χ0v) is 18.1. The molecule has 0 N–H and O–H groups in total. The highest BCUT2D eigenvalue weighted by Crippen LogP contribution is 2.38. The SMILES string of the molecule is Cc1ccc2cc(C3CCCC4CN(c5ccc(Cl)c(C)c5)CCN43)ccc2c1. The summed E-state index contributed by atoms with van der Waals surface area (Å²) in [5.41, 5.74) is 5.30. The van der Waals surface area contributed by atoms with E-state index in [2.05, 4.69) is 72.2 Å². The van der Waals surface area contributed by atoms with Gasteiger partial charge in [-0.15, -0.1) is 0 Å². The van der Waals surface area contributed by atoms with Crippen molar-refractivity contribution in [2.45, 2.75) is 45.2 Å². The first-order valence-corrected chi connectivity index (χ1v) is 11.2. The lowest BCUT2D eigenvalue weighted by Crippen LogP contribution is -2.55. The van der Waals surface area contributed by atoms with E-state index in [1.807, 2.05) is 6.07 Å². The van der Waals surface area contributed by atoms with Crippen LogP contribution in [0, 0.1) is 13.8 Å². The molecule has 0 aliphatic carbocycles. The molecule has 2 fully saturated rings. The minimum absolute atomic E-state index is 0.550. The summed E-state index contributed by atoms with van der Waals surface area (Å²) < 4.78 is 0. The normalized spacial score (nSPS) is 22.7. The number of piperidine rings is 1. The molecule has 2 nitrogen and oxygen atoms in total. The number of hydrogen-bond acceptors (Lipinski definition) is 2. The fourth-order valence-electron chi connectivity index (χ4n) is 5.26. The molecule has 0 saturated carbocycles. The van der Waals surface area contributed by atoms with Crippen LogP contribution in [0.1, 0.15) is 42.0 Å². The van der Waals surface area contributed by atoms with Crippen molar-refractivity contribution in [2.24, 2.45) is 0 Å². The molecule has 0 bridgehead atoms. The van der Waals surface area contributed by atoms with E-state index in [4.69, 9.17) is 11.6 Å². The van der Waals surface area contributed by atoms with Crippen molar-refractivity contribution in [1.29, 1.82) is 0 Å². The molecule has 29 heavy (non-hydrogen) atoms. The minimum atomic E-state index is 0.550. The predicted molar refractivity (Wildman–Crippen MR) is 124 cm³/mol. The van der Waals surface area contributed by atoms with Crippen LogP contribution in [0.2, 0.25) is 5.02 Å². The number of nitrogens with zero attached hydrogens (tertiary/aromatic N) is 2. The Morgan fingerprint density at radius 2 is 1.69 bits per heavy atom. The van der Waals surface area contributed by atoms with Crippen LogP contribution in [0.3, 0.4) is 0 Å². The summed E-state index contributed by atoms with van der Waals surface area (Å²) in [4.78, 5) is 5.33. The molecule has 2 aliphatic heterocycles. The average molecular weight is 405 g/mol. The number of rotatable bonds is 2. The van der Waals surface area contributed by atoms with Crippen LogP contribution in [0.25, 0.3) is 10.8 Å². The summed E-state index contributed by atoms with van der Waals surface area (Å²) in [6.07, 6.45) is 3.88. The maximum Gasteiger partial charge on any atom is 0.0436 e. The van der Waals surface area contributed by atoms with E-state index in [1.54, 1.807) is 0 Å². The molecule has 3 heteroatoms. The summed E-state index contributed by atoms with van der Waals surface area (Å²) >= 11 is 6.24. The van der Waals surface area contributed by atoms with Crippen LogP contribution in [0.5, 0.6) is 0 Å². The van der Waals surface area contributed by atoms with Gasteiger partial charge in [-0.1, -0.05) is 47.5 Å². The van der Waals surface area contributed by atoms with Crippen LogP contribution >= 0.6 is 11.6 Å². The highest BCUT2D eigenvalue weighted by atomic mass is 35.5. The van der Waals surface area contributed by atoms with E-state index < -0.39 is 0 Å². The molecule has 3 aromatic carbocycles. The van der Waals surface area contributed by atoms with E-state index >= 15 is 0 Å². The summed E-state index contributed by atoms with van der Waals surface area (Å²) in [6.45, 7) is 7.59. The number of anilines is 1. The van der Waals surface area contributed by atoms with Gasteiger partial charge in [0.15, 0.2) is 0 Å². The minimum Gasteiger partial charge on any atom is -0.369 e. The molecular formula is C26H29ClN2. The maximum atomic E-state index is 6.24. The van der Waals surface area contributed by atoms with Gasteiger partial charge in [0.25, 0.3) is 0 Å². The van der Waals surface area contributed by atoms with Gasteiger partial charge in [-0.05, 0) is 79.3 Å². The van der Waals surface area contributed by atoms with Gasteiger partial charge in [0.2, 0.25) is 0 Å². The average Bonchev–Trinajstić information content (AvgIpc) is 2.74. The second-order valence-corrected chi connectivity index (χ2v) is 9.24. The standard InChI is InChI=1S/C26H29ClN2/c1-18-6-7-21-16-22(9-8-20(21)14-18)26-5-3-4-24-17-28(12-13-29(24)26)23-10-11-25(27)19(2)15-23/h6-11,14-16,24,26H,3-5,12-13,17H2,1-2H3. The van der Waals surface area contributed by atoms with Crippen LogP contribution < -0.4 is 4.90 Å². The third kappa shape index (κ3) is 3.65. The van der Waals surface area contributed by atoms with Crippen molar-refractivity contribution in [3.63, 3.8) is 0 Å². The first kappa shape index (κ1) is 19.0. The summed E-state index contributed by atoms with van der Waals surface area (Å²) in [6, 6.07) is 21.5. The highest BCUT2D eigenvalue weighted by molar-refractivity contribution is 6.31. The molecule has 0 aromatic heterocycles. The maximum absolute atomic E-state index is 6.24. The van der Waals surface area contributed by atoms with Gasteiger partial charge in [0.05, 0.1) is 0 Å². The first-order chi connectivity index (χ1) is 14.1. The highest BCUT2D eigenvalue weighted by Gasteiger charge is 2.35. The van der Waals surface area contributed by atoms with Gasteiger partial charge in [-0.3, -0.25) is 4.90 Å². The van der Waals surface area contributed by atoms with Crippen LogP contribution in [-0.2, 0) is 0 Å². The van der Waals surface area contributed by atoms with Crippen LogP contribution in [-0.4, -0.2) is 30.6 Å². The van der Waals surface area contributed by atoms with E-state index in [-0.39, 0.29) is 0 Å². The van der Waals surface area contributed by atoms with Crippen molar-refractivity contribution < 1.29 is 0 Å². The Kier molecular flexibility index (Phi) is 5.01. The summed E-state index contributed by atoms with van der Waals surface area (Å²) in [7, 11) is 0. The smallest absolute Gasteiger partial charge is 0.0436 e. The van der Waals surface area contributed by atoms with Gasteiger partial charge in [-0.25, -0.2) is 0 Å². The molecule has 0 spiro atoms. The number of fused-ring (bicyclic) bond motifs is 2. The third-order valence-corrected chi connectivity index (χ3v) is 7.28. The van der Waals surface area contributed by atoms with Gasteiger partial charge in [-0.2, -0.15) is 0 Å². The lowest BCUT2D eigenvalue weighted by molar-refractivity contribution is 0.0717. The zero-order chi connectivity index (χ0) is 20.0. The Morgan fingerprint density at radius 3 is 2.55 bits per heavy atom. The molecule has 2 aliphatic rings. The Balaban J connectivity index is 1.38. The number of benzene rings is 3. The second-order valence-electron chi connectivity index (χ2n) is 8.83. The Morgan fingerprint density at radius 1 is 0.862 bits per heavy atom. The molecule has 2 unspecified atom stereocenters. The number of halogens is 1. The Labute approximate surface area is 179 Å². The van der Waals surface area contributed by atoms with Gasteiger partial charge < -0.3 is 4.90 Å². The molecule has 3 aromatic rings. The van der Waals surface area contributed by atoms with Crippen molar-refractivity contribution in [1.82, 2.24) is 4.90 Å². The molecule has 5 rings (SSSR count). The molecule has 0 amide bonds. The van der Waals surface area contributed by atoms with Gasteiger partial charge in [0.1, 0.15) is 0 Å². The summed E-state index contributed by atoms with van der Waals surface area (Å²) in [5, 5.41) is 3.58. The fraction of sp³-hybridized carbons (Fsp3) is 0.385. The van der Waals surface area contributed by atoms with Crippen molar-refractivity contribution in [2.75, 3.05) is 24.5 Å². The zero-order valence-electron chi connectivity index (χ0n) is 17.4. The van der Waals surface area contributed by atoms with Crippen molar-refractivity contribution in [3.8, 4) is 0 Å². The van der Waals surface area contributed by atoms with Gasteiger partial charge >= 0.3 is 0 Å². The van der Waals surface area contributed by atoms with E-state index in [9.17, 15) is 0 Å². The van der Waals surface area contributed by atoms with Gasteiger partial charge in [0, 0.05) is 42.4 Å². The van der Waals surface area contributed by atoms with Crippen LogP contribution in [0.15, 0.2) is 54.6 Å². The lowest BCUT2D eigenvalue weighted by atomic mass is 9.88. The van der Waals surface area contributed by atoms with E-state index in [0.717, 1.165) is 24.7 Å². The summed E-state index contributed by atoms with van der Waals surface area (Å²) in [5.74, 6) is 0. The first-order valence-electron chi connectivity index (χ1n) is 10.9. The number of aryl methyl sites for hydroxylation is 2. The molecule has 0 radical (unpaired) electrons. The fourth-order valence-corrected chi connectivity index (χ4v) is 5.38. The molecule has 2 atom stereocenters. The van der Waals surface area contributed by atoms with E-state index in [0.29, 0.717) is 12.1 Å². The number of piperazine rings is 1. The Hall–Kier alpha value is -2.03. The predicted octanol–water partition coefficient (Wildman–Crippen LogP) is 6.53. The third-order valence-electron chi connectivity index (χ3n) is 6.85. The monoisotopic (exact) mass is 404 g/mol.